The van der Waals surface area contributed by atoms with Crippen molar-refractivity contribution < 1.29 is 15.0 Å². The van der Waals surface area contributed by atoms with Crippen molar-refractivity contribution in [2.24, 2.45) is 0 Å². The Hall–Kier alpha value is -1.03. The summed E-state index contributed by atoms with van der Waals surface area (Å²) in [6.45, 7) is 4.12. The van der Waals surface area contributed by atoms with Crippen LogP contribution in [0, 0.1) is 0 Å². The Morgan fingerprint density at radius 3 is 2.40 bits per heavy atom. The van der Waals surface area contributed by atoms with Crippen LogP contribution in [0.4, 0.5) is 0 Å². The van der Waals surface area contributed by atoms with Crippen LogP contribution in [-0.4, -0.2) is 28.8 Å². The van der Waals surface area contributed by atoms with Gasteiger partial charge in [-0.05, 0) is 0 Å². The molecule has 0 unspecified atom stereocenters. The van der Waals surface area contributed by atoms with Crippen molar-refractivity contribution in [3.8, 4) is 0 Å². The van der Waals surface area contributed by atoms with E-state index in [-0.39, 0.29) is 18.3 Å². The second kappa shape index (κ2) is 3.90. The summed E-state index contributed by atoms with van der Waals surface area (Å²) in [6.07, 6.45) is 0. The molecule has 1 atom stereocenters. The summed E-state index contributed by atoms with van der Waals surface area (Å²) < 4.78 is 0. The minimum absolute atomic E-state index is 0.238. The van der Waals surface area contributed by atoms with Crippen LogP contribution in [0.3, 0.4) is 0 Å². The van der Waals surface area contributed by atoms with E-state index in [1.165, 1.54) is 6.92 Å². The van der Waals surface area contributed by atoms with Crippen LogP contribution in [0.1, 0.15) is 6.92 Å². The third kappa shape index (κ3) is 3.09. The van der Waals surface area contributed by atoms with Gasteiger partial charge in [-0.25, -0.2) is 0 Å². The Balaban J connectivity index is 3.83. The maximum absolute atomic E-state index is 10.3. The van der Waals surface area contributed by atoms with Gasteiger partial charge in [0.1, 0.15) is 11.8 Å². The lowest BCUT2D eigenvalue weighted by atomic mass is 10.3. The highest BCUT2D eigenvalue weighted by atomic mass is 16.3. The van der Waals surface area contributed by atoms with E-state index in [1.807, 2.05) is 0 Å². The third-order valence-corrected chi connectivity index (χ3v) is 0.962. The molecule has 0 aliphatic rings. The summed E-state index contributed by atoms with van der Waals surface area (Å²) >= 11 is 0. The van der Waals surface area contributed by atoms with Crippen LogP contribution in [-0.2, 0) is 4.79 Å². The van der Waals surface area contributed by atoms with E-state index in [9.17, 15) is 4.79 Å². The first-order valence-corrected chi connectivity index (χ1v) is 2.83. The van der Waals surface area contributed by atoms with Gasteiger partial charge in [-0.3, -0.25) is 4.79 Å². The van der Waals surface area contributed by atoms with E-state index in [2.05, 4.69) is 11.9 Å². The standard InChI is InChI=1S/C6H11NO3/c1-4(9)6(3-8)7-5(2)10/h6,8-9H,1,3H2,2H3,(H,7,10)/t6-/m1/s1. The van der Waals surface area contributed by atoms with Crippen molar-refractivity contribution in [3.63, 3.8) is 0 Å². The molecule has 4 heteroatoms. The maximum atomic E-state index is 10.3. The van der Waals surface area contributed by atoms with Gasteiger partial charge in [0.25, 0.3) is 0 Å². The fraction of sp³-hybridized carbons (Fsp3) is 0.500. The minimum Gasteiger partial charge on any atom is -0.511 e. The van der Waals surface area contributed by atoms with E-state index >= 15 is 0 Å². The molecule has 0 aliphatic heterocycles. The van der Waals surface area contributed by atoms with Crippen LogP contribution < -0.4 is 5.32 Å². The smallest absolute Gasteiger partial charge is 0.217 e. The number of carbonyl (C=O) groups is 1. The Morgan fingerprint density at radius 2 is 2.30 bits per heavy atom. The summed E-state index contributed by atoms with van der Waals surface area (Å²) in [4.78, 5) is 10.3. The Labute approximate surface area is 59.2 Å². The van der Waals surface area contributed by atoms with Crippen molar-refractivity contribution in [3.05, 3.63) is 12.3 Å². The highest BCUT2D eigenvalue weighted by Gasteiger charge is 2.09. The van der Waals surface area contributed by atoms with Gasteiger partial charge in [0.2, 0.25) is 5.91 Å². The number of hydrogen-bond donors (Lipinski definition) is 3. The number of rotatable bonds is 3. The maximum Gasteiger partial charge on any atom is 0.217 e. The lowest BCUT2D eigenvalue weighted by Crippen LogP contribution is -2.37. The molecule has 0 heterocycles. The third-order valence-electron chi connectivity index (χ3n) is 0.962. The monoisotopic (exact) mass is 145 g/mol. The normalized spacial score (nSPS) is 12.2. The fourth-order valence-corrected chi connectivity index (χ4v) is 0.480. The molecule has 0 fully saturated rings. The molecule has 0 saturated carbocycles. The van der Waals surface area contributed by atoms with E-state index in [4.69, 9.17) is 10.2 Å². The molecular formula is C6H11NO3. The van der Waals surface area contributed by atoms with Crippen LogP contribution >= 0.6 is 0 Å². The summed E-state index contributed by atoms with van der Waals surface area (Å²) in [7, 11) is 0. The van der Waals surface area contributed by atoms with Crippen LogP contribution in [0.2, 0.25) is 0 Å². The van der Waals surface area contributed by atoms with Crippen molar-refractivity contribution in [2.45, 2.75) is 13.0 Å². The molecule has 0 saturated heterocycles. The SMILES string of the molecule is C=C(O)[C@@H](CO)NC(C)=O. The van der Waals surface area contributed by atoms with Crippen LogP contribution in [0.5, 0.6) is 0 Å². The second-order valence-electron chi connectivity index (χ2n) is 1.93. The van der Waals surface area contributed by atoms with E-state index < -0.39 is 6.04 Å². The summed E-state index contributed by atoms with van der Waals surface area (Å²) in [5.41, 5.74) is 0. The number of carbonyl (C=O) groups excluding carboxylic acids is 1. The van der Waals surface area contributed by atoms with Crippen LogP contribution in [0.15, 0.2) is 12.3 Å². The van der Waals surface area contributed by atoms with Gasteiger partial charge in [0, 0.05) is 6.92 Å². The van der Waals surface area contributed by atoms with Gasteiger partial charge in [0.05, 0.1) is 6.61 Å². The van der Waals surface area contributed by atoms with E-state index in [0.29, 0.717) is 0 Å². The zero-order valence-corrected chi connectivity index (χ0v) is 5.79. The number of aliphatic hydroxyl groups excluding tert-OH is 2. The summed E-state index contributed by atoms with van der Waals surface area (Å²) in [5.74, 6) is -0.549. The molecule has 4 nitrogen and oxygen atoms in total. The van der Waals surface area contributed by atoms with E-state index in [0.717, 1.165) is 0 Å². The molecule has 0 aliphatic carbocycles. The van der Waals surface area contributed by atoms with E-state index in [1.54, 1.807) is 0 Å². The molecule has 0 spiro atoms. The Morgan fingerprint density at radius 1 is 1.80 bits per heavy atom. The molecule has 0 radical (unpaired) electrons. The molecule has 3 N–H and O–H groups in total. The first-order valence-electron chi connectivity index (χ1n) is 2.83. The zero-order chi connectivity index (χ0) is 8.15. The molecular weight excluding hydrogens is 134 g/mol. The van der Waals surface area contributed by atoms with Gasteiger partial charge in [0.15, 0.2) is 0 Å². The predicted octanol–water partition coefficient (Wildman–Crippen LogP) is -0.445. The number of nitrogens with one attached hydrogen (secondary N) is 1. The minimum atomic E-state index is -0.738. The summed E-state index contributed by atoms with van der Waals surface area (Å²) in [6, 6.07) is -0.738. The fourth-order valence-electron chi connectivity index (χ4n) is 0.480. The van der Waals surface area contributed by atoms with Gasteiger partial charge >= 0.3 is 0 Å². The quantitative estimate of drug-likeness (QED) is 0.471. The van der Waals surface area contributed by atoms with Crippen molar-refractivity contribution in [1.29, 1.82) is 0 Å². The average Bonchev–Trinajstić information content (AvgIpc) is 1.81. The lowest BCUT2D eigenvalue weighted by molar-refractivity contribution is -0.119. The predicted molar refractivity (Wildman–Crippen MR) is 36.5 cm³/mol. The van der Waals surface area contributed by atoms with Crippen molar-refractivity contribution >= 4 is 5.91 Å². The molecule has 0 aromatic rings. The molecule has 0 aromatic heterocycles. The summed E-state index contributed by atoms with van der Waals surface area (Å²) in [5, 5.41) is 19.5. The highest BCUT2D eigenvalue weighted by Crippen LogP contribution is 1.91. The number of hydrogen-bond acceptors (Lipinski definition) is 3. The van der Waals surface area contributed by atoms with Gasteiger partial charge < -0.3 is 15.5 Å². The van der Waals surface area contributed by atoms with Gasteiger partial charge in [-0.2, -0.15) is 0 Å². The lowest BCUT2D eigenvalue weighted by Gasteiger charge is -2.12. The van der Waals surface area contributed by atoms with Gasteiger partial charge in [-0.15, -0.1) is 0 Å². The average molecular weight is 145 g/mol. The van der Waals surface area contributed by atoms with Crippen molar-refractivity contribution in [1.82, 2.24) is 5.32 Å². The van der Waals surface area contributed by atoms with Gasteiger partial charge in [-0.1, -0.05) is 6.58 Å². The zero-order valence-electron chi connectivity index (χ0n) is 5.79. The van der Waals surface area contributed by atoms with Crippen LogP contribution in [0.25, 0.3) is 0 Å². The Kier molecular flexibility index (Phi) is 3.49. The molecule has 58 valence electrons. The second-order valence-corrected chi connectivity index (χ2v) is 1.93. The molecule has 0 bridgehead atoms. The topological polar surface area (TPSA) is 69.6 Å². The number of amides is 1. The molecule has 0 aromatic carbocycles. The largest absolute Gasteiger partial charge is 0.511 e. The molecule has 1 amide bonds. The first-order chi connectivity index (χ1) is 4.57. The highest BCUT2D eigenvalue weighted by molar-refractivity contribution is 5.73. The first kappa shape index (κ1) is 8.97. The van der Waals surface area contributed by atoms with Crippen molar-refractivity contribution in [2.75, 3.05) is 6.61 Å². The molecule has 0 rings (SSSR count). The Bertz CT molecular complexity index is 144. The number of aliphatic hydroxyl groups is 2. The molecule has 10 heavy (non-hydrogen) atoms.